The second-order valence-corrected chi connectivity index (χ2v) is 5.22. The minimum absolute atomic E-state index is 0.390. The normalized spacial score (nSPS) is 10.8. The number of nitrogens with one attached hydrogen (secondary N) is 1. The van der Waals surface area contributed by atoms with Gasteiger partial charge in [-0.2, -0.15) is 0 Å². The van der Waals surface area contributed by atoms with E-state index in [9.17, 15) is 0 Å². The molecule has 0 unspecified atom stereocenters. The van der Waals surface area contributed by atoms with Gasteiger partial charge in [-0.1, -0.05) is 28.1 Å². The van der Waals surface area contributed by atoms with E-state index < -0.39 is 0 Å². The van der Waals surface area contributed by atoms with Crippen molar-refractivity contribution in [1.29, 1.82) is 0 Å². The summed E-state index contributed by atoms with van der Waals surface area (Å²) in [4.78, 5) is 4.31. The first-order chi connectivity index (χ1) is 8.15. The topological polar surface area (TPSA) is 29.9 Å². The van der Waals surface area contributed by atoms with Crippen molar-refractivity contribution in [2.24, 2.45) is 0 Å². The maximum absolute atomic E-state index is 4.31. The Hall–Kier alpha value is -1.29. The molecule has 0 spiro atoms. The molecule has 0 aliphatic rings. The lowest BCUT2D eigenvalue weighted by atomic mass is 10.2. The summed E-state index contributed by atoms with van der Waals surface area (Å²) in [5.74, 6) is 0.919. The van der Waals surface area contributed by atoms with Crippen molar-refractivity contribution in [1.82, 2.24) is 9.55 Å². The van der Waals surface area contributed by atoms with Crippen LogP contribution in [0.3, 0.4) is 0 Å². The Kier molecular flexibility index (Phi) is 3.84. The summed E-state index contributed by atoms with van der Waals surface area (Å²) in [7, 11) is 0. The number of hydrogen-bond donors (Lipinski definition) is 1. The van der Waals surface area contributed by atoms with E-state index in [0.29, 0.717) is 6.04 Å². The van der Waals surface area contributed by atoms with Crippen molar-refractivity contribution in [3.05, 3.63) is 46.7 Å². The summed E-state index contributed by atoms with van der Waals surface area (Å²) >= 11 is 3.44. The van der Waals surface area contributed by atoms with E-state index in [0.717, 1.165) is 17.0 Å². The summed E-state index contributed by atoms with van der Waals surface area (Å²) in [6.45, 7) is 5.06. The summed E-state index contributed by atoms with van der Waals surface area (Å²) in [5, 5.41) is 3.33. The molecule has 17 heavy (non-hydrogen) atoms. The van der Waals surface area contributed by atoms with Crippen LogP contribution in [-0.2, 0) is 6.54 Å². The third-order valence-electron chi connectivity index (χ3n) is 2.40. The molecule has 0 saturated carbocycles. The number of nitrogens with zero attached hydrogens (tertiary/aromatic N) is 2. The lowest BCUT2D eigenvalue weighted by Gasteiger charge is -2.12. The Morgan fingerprint density at radius 2 is 2.00 bits per heavy atom. The molecular formula is C13H16BrN3. The van der Waals surface area contributed by atoms with Crippen LogP contribution < -0.4 is 5.32 Å². The quantitative estimate of drug-likeness (QED) is 0.935. The van der Waals surface area contributed by atoms with E-state index in [1.165, 1.54) is 5.56 Å². The van der Waals surface area contributed by atoms with Crippen LogP contribution in [0.1, 0.15) is 19.4 Å². The van der Waals surface area contributed by atoms with Crippen LogP contribution in [-0.4, -0.2) is 15.6 Å². The molecule has 1 aromatic heterocycles. The van der Waals surface area contributed by atoms with Crippen molar-refractivity contribution in [3.8, 4) is 0 Å². The molecule has 1 heterocycles. The summed E-state index contributed by atoms with van der Waals surface area (Å²) in [5.41, 5.74) is 1.26. The molecule has 90 valence electrons. The highest BCUT2D eigenvalue weighted by Crippen LogP contribution is 2.14. The van der Waals surface area contributed by atoms with Gasteiger partial charge in [0.05, 0.1) is 6.54 Å². The first-order valence-corrected chi connectivity index (χ1v) is 6.46. The zero-order valence-corrected chi connectivity index (χ0v) is 11.6. The van der Waals surface area contributed by atoms with Gasteiger partial charge in [0.25, 0.3) is 0 Å². The average molecular weight is 294 g/mol. The Morgan fingerprint density at radius 1 is 1.29 bits per heavy atom. The van der Waals surface area contributed by atoms with Gasteiger partial charge in [-0.3, -0.25) is 0 Å². The van der Waals surface area contributed by atoms with Crippen molar-refractivity contribution in [2.75, 3.05) is 5.32 Å². The highest BCUT2D eigenvalue weighted by molar-refractivity contribution is 9.10. The van der Waals surface area contributed by atoms with Gasteiger partial charge in [0.15, 0.2) is 0 Å². The van der Waals surface area contributed by atoms with Gasteiger partial charge in [0.2, 0.25) is 5.95 Å². The smallest absolute Gasteiger partial charge is 0.203 e. The molecule has 0 saturated heterocycles. The largest absolute Gasteiger partial charge is 0.353 e. The minimum atomic E-state index is 0.390. The fourth-order valence-electron chi connectivity index (χ4n) is 1.62. The summed E-state index contributed by atoms with van der Waals surface area (Å²) in [6, 6.07) is 8.73. The Balaban J connectivity index is 2.13. The van der Waals surface area contributed by atoms with Crippen LogP contribution >= 0.6 is 15.9 Å². The summed E-state index contributed by atoms with van der Waals surface area (Å²) in [6.07, 6.45) is 3.82. The van der Waals surface area contributed by atoms with Gasteiger partial charge in [0.1, 0.15) is 0 Å². The minimum Gasteiger partial charge on any atom is -0.353 e. The van der Waals surface area contributed by atoms with E-state index >= 15 is 0 Å². The van der Waals surface area contributed by atoms with Gasteiger partial charge >= 0.3 is 0 Å². The predicted octanol–water partition coefficient (Wildman–Crippen LogP) is 3.51. The molecule has 0 bridgehead atoms. The van der Waals surface area contributed by atoms with Crippen LogP contribution in [0.4, 0.5) is 5.95 Å². The number of aromatic nitrogens is 2. The SMILES string of the molecule is CC(C)Nc1nccn1Cc1ccc(Br)cc1. The van der Waals surface area contributed by atoms with Crippen LogP contribution in [0, 0.1) is 0 Å². The number of hydrogen-bond acceptors (Lipinski definition) is 2. The van der Waals surface area contributed by atoms with Crippen LogP contribution in [0.25, 0.3) is 0 Å². The first-order valence-electron chi connectivity index (χ1n) is 5.67. The van der Waals surface area contributed by atoms with Crippen LogP contribution in [0.15, 0.2) is 41.1 Å². The Labute approximate surface area is 110 Å². The van der Waals surface area contributed by atoms with E-state index in [4.69, 9.17) is 0 Å². The number of rotatable bonds is 4. The Bertz CT molecular complexity index is 474. The molecule has 3 nitrogen and oxygen atoms in total. The maximum Gasteiger partial charge on any atom is 0.203 e. The second kappa shape index (κ2) is 5.36. The molecule has 2 rings (SSSR count). The summed E-state index contributed by atoms with van der Waals surface area (Å²) < 4.78 is 3.22. The molecule has 1 aromatic carbocycles. The first kappa shape index (κ1) is 12.2. The molecule has 1 N–H and O–H groups in total. The fourth-order valence-corrected chi connectivity index (χ4v) is 1.89. The van der Waals surface area contributed by atoms with Gasteiger partial charge in [-0.25, -0.2) is 4.98 Å². The van der Waals surface area contributed by atoms with Gasteiger partial charge in [0, 0.05) is 22.9 Å². The molecule has 4 heteroatoms. The molecule has 0 fully saturated rings. The van der Waals surface area contributed by atoms with Gasteiger partial charge in [-0.15, -0.1) is 0 Å². The number of imidazole rings is 1. The molecule has 0 amide bonds. The molecule has 0 aliphatic heterocycles. The van der Waals surface area contributed by atoms with Crippen molar-refractivity contribution in [3.63, 3.8) is 0 Å². The zero-order valence-electron chi connectivity index (χ0n) is 10.0. The molecule has 0 atom stereocenters. The van der Waals surface area contributed by atoms with Gasteiger partial charge in [-0.05, 0) is 31.5 Å². The monoisotopic (exact) mass is 293 g/mol. The highest BCUT2D eigenvalue weighted by atomic mass is 79.9. The lowest BCUT2D eigenvalue weighted by Crippen LogP contribution is -2.14. The standard InChI is InChI=1S/C13H16BrN3/c1-10(2)16-13-15-7-8-17(13)9-11-3-5-12(14)6-4-11/h3-8,10H,9H2,1-2H3,(H,15,16). The zero-order chi connectivity index (χ0) is 12.3. The van der Waals surface area contributed by atoms with E-state index in [1.807, 2.05) is 12.4 Å². The van der Waals surface area contributed by atoms with Crippen molar-refractivity contribution >= 4 is 21.9 Å². The predicted molar refractivity (Wildman–Crippen MR) is 74.2 cm³/mol. The average Bonchev–Trinajstić information content (AvgIpc) is 2.68. The number of anilines is 1. The number of halogens is 1. The van der Waals surface area contributed by atoms with Crippen LogP contribution in [0.5, 0.6) is 0 Å². The molecular weight excluding hydrogens is 278 g/mol. The van der Waals surface area contributed by atoms with E-state index in [-0.39, 0.29) is 0 Å². The molecule has 0 radical (unpaired) electrons. The highest BCUT2D eigenvalue weighted by Gasteiger charge is 2.04. The molecule has 0 aliphatic carbocycles. The third kappa shape index (κ3) is 3.33. The Morgan fingerprint density at radius 3 is 2.65 bits per heavy atom. The van der Waals surface area contributed by atoms with E-state index in [2.05, 4.69) is 68.9 Å². The lowest BCUT2D eigenvalue weighted by molar-refractivity contribution is 0.774. The number of benzene rings is 1. The maximum atomic E-state index is 4.31. The van der Waals surface area contributed by atoms with Crippen molar-refractivity contribution in [2.45, 2.75) is 26.4 Å². The third-order valence-corrected chi connectivity index (χ3v) is 2.93. The second-order valence-electron chi connectivity index (χ2n) is 4.30. The van der Waals surface area contributed by atoms with E-state index in [1.54, 1.807) is 0 Å². The van der Waals surface area contributed by atoms with Crippen molar-refractivity contribution < 1.29 is 0 Å². The van der Waals surface area contributed by atoms with Crippen LogP contribution in [0.2, 0.25) is 0 Å². The fraction of sp³-hybridized carbons (Fsp3) is 0.308. The molecule has 2 aromatic rings. The van der Waals surface area contributed by atoms with Gasteiger partial charge < -0.3 is 9.88 Å².